The number of nitro groups is 1. The van der Waals surface area contributed by atoms with E-state index in [0.29, 0.717) is 5.71 Å². The van der Waals surface area contributed by atoms with Crippen LogP contribution >= 0.6 is 0 Å². The minimum Gasteiger partial charge on any atom is -0.410 e. The third-order valence-corrected chi connectivity index (χ3v) is 5.77. The van der Waals surface area contributed by atoms with E-state index in [2.05, 4.69) is 30.5 Å². The molecule has 0 atom stereocenters. The average molecular weight is 415 g/mol. The Morgan fingerprint density at radius 2 is 1.55 bits per heavy atom. The Bertz CT molecular complexity index is 1330. The number of fused-ring (bicyclic) bond motifs is 3. The molecule has 3 aromatic carbocycles. The van der Waals surface area contributed by atoms with E-state index in [-0.39, 0.29) is 16.0 Å². The van der Waals surface area contributed by atoms with Gasteiger partial charge in [-0.05, 0) is 36.1 Å². The zero-order chi connectivity index (χ0) is 22.3. The van der Waals surface area contributed by atoms with Crippen LogP contribution in [0.2, 0.25) is 0 Å². The van der Waals surface area contributed by atoms with E-state index in [0.717, 1.165) is 39.5 Å². The van der Waals surface area contributed by atoms with Gasteiger partial charge in [-0.3, -0.25) is 10.1 Å². The molecule has 0 saturated heterocycles. The Labute approximate surface area is 180 Å². The first-order chi connectivity index (χ1) is 14.7. The van der Waals surface area contributed by atoms with Crippen LogP contribution in [0.4, 0.5) is 5.69 Å². The van der Waals surface area contributed by atoms with E-state index < -0.39 is 0 Å². The van der Waals surface area contributed by atoms with Crippen LogP contribution in [0.1, 0.15) is 44.4 Å². The average Bonchev–Trinajstić information content (AvgIpc) is 3.06. The second kappa shape index (κ2) is 7.54. The van der Waals surface area contributed by atoms with Gasteiger partial charge in [-0.15, -0.1) is 0 Å². The maximum Gasteiger partial charge on any atom is 0.270 e. The highest BCUT2D eigenvalue weighted by molar-refractivity contribution is 6.17. The molecule has 1 N–H and O–H groups in total. The molecule has 0 unspecified atom stereocenters. The Hall–Kier alpha value is -3.67. The topological polar surface area (TPSA) is 80.7 Å². The smallest absolute Gasteiger partial charge is 0.270 e. The molecule has 0 amide bonds. The number of oxime groups is 1. The van der Waals surface area contributed by atoms with Crippen LogP contribution in [-0.4, -0.2) is 20.4 Å². The Balaban J connectivity index is 1.88. The van der Waals surface area contributed by atoms with Gasteiger partial charge in [0.25, 0.3) is 5.69 Å². The van der Waals surface area contributed by atoms with Crippen molar-refractivity contribution in [2.75, 3.05) is 0 Å². The molecular formula is C25H25N3O3. The van der Waals surface area contributed by atoms with Gasteiger partial charge in [0.2, 0.25) is 0 Å². The standard InChI is InChI=1S/C25H25N3O3/c1-5-27-22-12-8-17(14-20(22)21-15-19(28(30)31)11-13-23(21)27)24(26-29)16-6-9-18(10-7-16)25(2,3)4/h6-15,29H,5H2,1-4H3. The SMILES string of the molecule is CCn1c2ccc(C(=NO)c3ccc(C(C)(C)C)cc3)cc2c2cc([N+](=O)[O-])ccc21. The highest BCUT2D eigenvalue weighted by atomic mass is 16.6. The number of non-ortho nitro benzene ring substituents is 1. The first-order valence-electron chi connectivity index (χ1n) is 10.3. The summed E-state index contributed by atoms with van der Waals surface area (Å²) in [5, 5.41) is 26.4. The molecule has 0 aliphatic rings. The highest BCUT2D eigenvalue weighted by Crippen LogP contribution is 2.33. The van der Waals surface area contributed by atoms with Crippen LogP contribution in [0, 0.1) is 10.1 Å². The van der Waals surface area contributed by atoms with Gasteiger partial charge in [0.15, 0.2) is 0 Å². The molecule has 1 heterocycles. The molecule has 6 nitrogen and oxygen atoms in total. The van der Waals surface area contributed by atoms with E-state index in [1.165, 1.54) is 11.6 Å². The summed E-state index contributed by atoms with van der Waals surface area (Å²) in [5.74, 6) is 0. The van der Waals surface area contributed by atoms with Crippen molar-refractivity contribution in [3.8, 4) is 0 Å². The van der Waals surface area contributed by atoms with Crippen LogP contribution in [0.15, 0.2) is 65.8 Å². The van der Waals surface area contributed by atoms with Gasteiger partial charge < -0.3 is 9.77 Å². The van der Waals surface area contributed by atoms with Crippen LogP contribution < -0.4 is 0 Å². The van der Waals surface area contributed by atoms with Crippen molar-refractivity contribution in [2.24, 2.45) is 5.16 Å². The number of hydrogen-bond acceptors (Lipinski definition) is 4. The summed E-state index contributed by atoms with van der Waals surface area (Å²) in [5.41, 5.74) is 5.24. The summed E-state index contributed by atoms with van der Waals surface area (Å²) < 4.78 is 2.13. The second-order valence-corrected chi connectivity index (χ2v) is 8.71. The third kappa shape index (κ3) is 3.54. The summed E-state index contributed by atoms with van der Waals surface area (Å²) >= 11 is 0. The molecule has 1 aromatic heterocycles. The number of benzene rings is 3. The van der Waals surface area contributed by atoms with Crippen molar-refractivity contribution in [3.05, 3.63) is 87.5 Å². The van der Waals surface area contributed by atoms with Gasteiger partial charge in [-0.25, -0.2) is 0 Å². The molecule has 0 fully saturated rings. The lowest BCUT2D eigenvalue weighted by Crippen LogP contribution is -2.11. The zero-order valence-electron chi connectivity index (χ0n) is 18.1. The first-order valence-corrected chi connectivity index (χ1v) is 10.3. The lowest BCUT2D eigenvalue weighted by atomic mass is 9.86. The maximum absolute atomic E-state index is 11.3. The fraction of sp³-hybridized carbons (Fsp3) is 0.240. The van der Waals surface area contributed by atoms with Crippen LogP contribution in [-0.2, 0) is 12.0 Å². The number of nitrogens with zero attached hydrogens (tertiary/aromatic N) is 3. The number of hydrogen-bond donors (Lipinski definition) is 1. The normalized spacial score (nSPS) is 12.6. The lowest BCUT2D eigenvalue weighted by Gasteiger charge is -2.19. The van der Waals surface area contributed by atoms with Crippen LogP contribution in [0.3, 0.4) is 0 Å². The van der Waals surface area contributed by atoms with Crippen molar-refractivity contribution in [3.63, 3.8) is 0 Å². The molecule has 0 aliphatic carbocycles. The monoisotopic (exact) mass is 415 g/mol. The minimum atomic E-state index is -0.379. The molecule has 4 rings (SSSR count). The molecule has 31 heavy (non-hydrogen) atoms. The molecule has 0 radical (unpaired) electrons. The lowest BCUT2D eigenvalue weighted by molar-refractivity contribution is -0.384. The summed E-state index contributed by atoms with van der Waals surface area (Å²) in [6, 6.07) is 18.8. The van der Waals surface area contributed by atoms with Crippen molar-refractivity contribution in [1.82, 2.24) is 4.57 Å². The van der Waals surface area contributed by atoms with E-state index in [4.69, 9.17) is 0 Å². The van der Waals surface area contributed by atoms with E-state index in [1.54, 1.807) is 12.1 Å². The van der Waals surface area contributed by atoms with Crippen molar-refractivity contribution >= 4 is 33.2 Å². The summed E-state index contributed by atoms with van der Waals surface area (Å²) in [4.78, 5) is 10.9. The summed E-state index contributed by atoms with van der Waals surface area (Å²) in [6.45, 7) is 9.25. The quantitative estimate of drug-likeness (QED) is 0.185. The van der Waals surface area contributed by atoms with E-state index >= 15 is 0 Å². The largest absolute Gasteiger partial charge is 0.410 e. The maximum atomic E-state index is 11.3. The Morgan fingerprint density at radius 3 is 2.10 bits per heavy atom. The van der Waals surface area contributed by atoms with Gasteiger partial charge in [-0.1, -0.05) is 56.3 Å². The molecule has 0 aliphatic heterocycles. The van der Waals surface area contributed by atoms with Crippen LogP contribution in [0.25, 0.3) is 21.8 Å². The number of nitro benzene ring substituents is 1. The predicted octanol–water partition coefficient (Wildman–Crippen LogP) is 6.25. The van der Waals surface area contributed by atoms with Crippen molar-refractivity contribution in [2.45, 2.75) is 39.7 Å². The molecule has 0 bridgehead atoms. The van der Waals surface area contributed by atoms with Crippen molar-refractivity contribution < 1.29 is 10.1 Å². The van der Waals surface area contributed by atoms with Gasteiger partial charge in [0.1, 0.15) is 5.71 Å². The molecule has 158 valence electrons. The van der Waals surface area contributed by atoms with Crippen LogP contribution in [0.5, 0.6) is 0 Å². The van der Waals surface area contributed by atoms with Gasteiger partial charge in [0.05, 0.1) is 4.92 Å². The fourth-order valence-electron chi connectivity index (χ4n) is 4.10. The highest BCUT2D eigenvalue weighted by Gasteiger charge is 2.18. The van der Waals surface area contributed by atoms with E-state index in [1.807, 2.05) is 49.4 Å². The summed E-state index contributed by atoms with van der Waals surface area (Å²) in [6.07, 6.45) is 0. The molecule has 0 saturated carbocycles. The fourth-order valence-corrected chi connectivity index (χ4v) is 4.10. The van der Waals surface area contributed by atoms with Gasteiger partial charge in [0, 0.05) is 51.6 Å². The summed E-state index contributed by atoms with van der Waals surface area (Å²) in [7, 11) is 0. The Morgan fingerprint density at radius 1 is 0.968 bits per heavy atom. The second-order valence-electron chi connectivity index (χ2n) is 8.71. The molecule has 6 heteroatoms. The van der Waals surface area contributed by atoms with Crippen molar-refractivity contribution in [1.29, 1.82) is 0 Å². The predicted molar refractivity (Wildman–Crippen MR) is 124 cm³/mol. The van der Waals surface area contributed by atoms with E-state index in [9.17, 15) is 15.3 Å². The Kier molecular flexibility index (Phi) is 5.01. The number of aryl methyl sites for hydroxylation is 1. The number of aromatic nitrogens is 1. The minimum absolute atomic E-state index is 0.0324. The molecular weight excluding hydrogens is 390 g/mol. The van der Waals surface area contributed by atoms with Gasteiger partial charge in [-0.2, -0.15) is 0 Å². The number of rotatable bonds is 4. The molecule has 4 aromatic rings. The third-order valence-electron chi connectivity index (χ3n) is 5.77. The van der Waals surface area contributed by atoms with Gasteiger partial charge >= 0.3 is 0 Å². The molecule has 0 spiro atoms. The first kappa shape index (κ1) is 20.6. The zero-order valence-corrected chi connectivity index (χ0v) is 18.1.